The van der Waals surface area contributed by atoms with Crippen molar-refractivity contribution >= 4 is 39.1 Å². The largest absolute Gasteiger partial charge is 0.429 e. The van der Waals surface area contributed by atoms with Crippen LogP contribution in [-0.2, 0) is 9.84 Å². The average molecular weight is 328 g/mol. The third kappa shape index (κ3) is 4.40. The number of sulfone groups is 1. The minimum atomic E-state index is -3.03. The lowest BCUT2D eigenvalue weighted by molar-refractivity contribution is 0.0939. The molecule has 0 fully saturated rings. The fourth-order valence-corrected chi connectivity index (χ4v) is 2.84. The summed E-state index contributed by atoms with van der Waals surface area (Å²) >= 11 is 4.88. The van der Waals surface area contributed by atoms with Gasteiger partial charge in [0.25, 0.3) is 10.7 Å². The maximum absolute atomic E-state index is 12.1. The molecule has 0 spiro atoms. The van der Waals surface area contributed by atoms with E-state index in [0.29, 0.717) is 17.6 Å². The molecular formula is C13H16N2O4S2. The SMILES string of the molecule is C[C@@H](CCS(C)(=O)=O)NC(=O)c1ccc2[nH]c(=S)oc2c1. The van der Waals surface area contributed by atoms with E-state index in [1.165, 1.54) is 6.26 Å². The van der Waals surface area contributed by atoms with E-state index in [9.17, 15) is 13.2 Å². The highest BCUT2D eigenvalue weighted by Crippen LogP contribution is 2.15. The minimum Gasteiger partial charge on any atom is -0.429 e. The number of aromatic amines is 1. The van der Waals surface area contributed by atoms with Gasteiger partial charge < -0.3 is 14.7 Å². The van der Waals surface area contributed by atoms with Gasteiger partial charge in [0.15, 0.2) is 5.58 Å². The number of hydrogen-bond donors (Lipinski definition) is 2. The highest BCUT2D eigenvalue weighted by Gasteiger charge is 2.13. The van der Waals surface area contributed by atoms with E-state index in [1.807, 2.05) is 0 Å². The van der Waals surface area contributed by atoms with E-state index in [4.69, 9.17) is 16.6 Å². The summed E-state index contributed by atoms with van der Waals surface area (Å²) in [5.74, 6) is -0.236. The number of rotatable bonds is 5. The van der Waals surface area contributed by atoms with Crippen LogP contribution in [0.25, 0.3) is 11.1 Å². The molecule has 0 bridgehead atoms. The Balaban J connectivity index is 2.06. The molecule has 1 atom stereocenters. The van der Waals surface area contributed by atoms with Crippen LogP contribution in [-0.4, -0.2) is 37.4 Å². The van der Waals surface area contributed by atoms with Crippen molar-refractivity contribution in [2.45, 2.75) is 19.4 Å². The first kappa shape index (κ1) is 15.7. The van der Waals surface area contributed by atoms with E-state index in [-0.39, 0.29) is 22.5 Å². The molecule has 1 aromatic carbocycles. The number of hydrogen-bond acceptors (Lipinski definition) is 5. The normalized spacial score (nSPS) is 13.2. The molecule has 0 aliphatic rings. The third-order valence-electron chi connectivity index (χ3n) is 2.98. The first-order chi connectivity index (χ1) is 9.74. The maximum atomic E-state index is 12.1. The van der Waals surface area contributed by atoms with Gasteiger partial charge in [-0.1, -0.05) is 0 Å². The van der Waals surface area contributed by atoms with Gasteiger partial charge in [-0.2, -0.15) is 0 Å². The number of oxazole rings is 1. The van der Waals surface area contributed by atoms with E-state index in [1.54, 1.807) is 25.1 Å². The number of carbonyl (C=O) groups is 1. The quantitative estimate of drug-likeness (QED) is 0.820. The van der Waals surface area contributed by atoms with Crippen LogP contribution in [0.2, 0.25) is 0 Å². The van der Waals surface area contributed by atoms with Crippen LogP contribution in [0.4, 0.5) is 0 Å². The Morgan fingerprint density at radius 2 is 2.19 bits per heavy atom. The molecule has 2 aromatic rings. The van der Waals surface area contributed by atoms with Crippen molar-refractivity contribution < 1.29 is 17.6 Å². The molecule has 1 amide bonds. The van der Waals surface area contributed by atoms with E-state index in [0.717, 1.165) is 5.52 Å². The second-order valence-corrected chi connectivity index (χ2v) is 7.65. The second-order valence-electron chi connectivity index (χ2n) is 5.02. The lowest BCUT2D eigenvalue weighted by Gasteiger charge is -2.13. The maximum Gasteiger partial charge on any atom is 0.266 e. The highest BCUT2D eigenvalue weighted by molar-refractivity contribution is 7.90. The van der Waals surface area contributed by atoms with Crippen LogP contribution < -0.4 is 5.32 Å². The van der Waals surface area contributed by atoms with Crippen molar-refractivity contribution in [3.05, 3.63) is 28.6 Å². The smallest absolute Gasteiger partial charge is 0.266 e. The van der Waals surface area contributed by atoms with E-state index in [2.05, 4.69) is 10.3 Å². The predicted octanol–water partition coefficient (Wildman–Crippen LogP) is 2.04. The zero-order valence-electron chi connectivity index (χ0n) is 11.7. The van der Waals surface area contributed by atoms with Gasteiger partial charge in [-0.05, 0) is 43.8 Å². The zero-order valence-corrected chi connectivity index (χ0v) is 13.3. The van der Waals surface area contributed by atoms with Crippen molar-refractivity contribution in [1.82, 2.24) is 10.3 Å². The molecule has 1 heterocycles. The van der Waals surface area contributed by atoms with Crippen LogP contribution in [0.1, 0.15) is 23.7 Å². The summed E-state index contributed by atoms with van der Waals surface area (Å²) in [6.45, 7) is 1.77. The predicted molar refractivity (Wildman–Crippen MR) is 82.7 cm³/mol. The van der Waals surface area contributed by atoms with Gasteiger partial charge in [-0.15, -0.1) is 0 Å². The second kappa shape index (κ2) is 5.98. The Morgan fingerprint density at radius 3 is 2.86 bits per heavy atom. The number of amides is 1. The Bertz CT molecular complexity index is 820. The highest BCUT2D eigenvalue weighted by atomic mass is 32.2. The lowest BCUT2D eigenvalue weighted by atomic mass is 10.1. The van der Waals surface area contributed by atoms with Gasteiger partial charge in [0, 0.05) is 17.9 Å². The number of benzene rings is 1. The van der Waals surface area contributed by atoms with Crippen LogP contribution in [0, 0.1) is 4.84 Å². The van der Waals surface area contributed by atoms with Gasteiger partial charge in [0.2, 0.25) is 0 Å². The summed E-state index contributed by atoms with van der Waals surface area (Å²) in [5.41, 5.74) is 1.67. The van der Waals surface area contributed by atoms with Crippen LogP contribution in [0.3, 0.4) is 0 Å². The monoisotopic (exact) mass is 328 g/mol. The molecule has 6 nitrogen and oxygen atoms in total. The average Bonchev–Trinajstić information content (AvgIpc) is 2.74. The molecule has 0 saturated carbocycles. The summed E-state index contributed by atoms with van der Waals surface area (Å²) in [5, 5.41) is 2.76. The topological polar surface area (TPSA) is 92.2 Å². The van der Waals surface area contributed by atoms with Gasteiger partial charge >= 0.3 is 0 Å². The summed E-state index contributed by atoms with van der Waals surface area (Å²) in [6.07, 6.45) is 1.55. The fourth-order valence-electron chi connectivity index (χ4n) is 1.86. The Labute approximate surface area is 127 Å². The Morgan fingerprint density at radius 1 is 1.48 bits per heavy atom. The van der Waals surface area contributed by atoms with Crippen LogP contribution >= 0.6 is 12.2 Å². The number of carbonyl (C=O) groups excluding carboxylic acids is 1. The number of H-pyrrole nitrogens is 1. The number of fused-ring (bicyclic) bond motifs is 1. The summed E-state index contributed by atoms with van der Waals surface area (Å²) < 4.78 is 27.5. The van der Waals surface area contributed by atoms with E-state index < -0.39 is 9.84 Å². The number of aromatic nitrogens is 1. The molecule has 0 aliphatic carbocycles. The van der Waals surface area contributed by atoms with Crippen molar-refractivity contribution in [1.29, 1.82) is 0 Å². The zero-order chi connectivity index (χ0) is 15.6. The summed E-state index contributed by atoms with van der Waals surface area (Å²) in [7, 11) is -3.03. The molecule has 1 aromatic heterocycles. The van der Waals surface area contributed by atoms with Crippen molar-refractivity contribution in [3.8, 4) is 0 Å². The Hall–Kier alpha value is -1.67. The van der Waals surface area contributed by atoms with Crippen LogP contribution in [0.15, 0.2) is 22.6 Å². The Kier molecular flexibility index (Phi) is 4.48. The summed E-state index contributed by atoms with van der Waals surface area (Å²) in [4.78, 5) is 15.2. The summed E-state index contributed by atoms with van der Waals surface area (Å²) in [6, 6.07) is 4.73. The van der Waals surface area contributed by atoms with Gasteiger partial charge in [0.1, 0.15) is 9.84 Å². The number of nitrogens with one attached hydrogen (secondary N) is 2. The molecule has 0 unspecified atom stereocenters. The third-order valence-corrected chi connectivity index (χ3v) is 4.15. The standard InChI is InChI=1S/C13H16N2O4S2/c1-8(5-6-21(2,17)18)14-12(16)9-3-4-10-11(7-9)19-13(20)15-10/h3-4,7-8H,5-6H2,1-2H3,(H,14,16)(H,15,20)/t8-/m0/s1. The van der Waals surface area contributed by atoms with E-state index >= 15 is 0 Å². The minimum absolute atomic E-state index is 0.0416. The van der Waals surface area contributed by atoms with Crippen molar-refractivity contribution in [3.63, 3.8) is 0 Å². The van der Waals surface area contributed by atoms with Gasteiger partial charge in [-0.3, -0.25) is 4.79 Å². The molecule has 8 heteroatoms. The van der Waals surface area contributed by atoms with Crippen molar-refractivity contribution in [2.24, 2.45) is 0 Å². The molecule has 21 heavy (non-hydrogen) atoms. The molecule has 2 N–H and O–H groups in total. The lowest BCUT2D eigenvalue weighted by Crippen LogP contribution is -2.33. The first-order valence-corrected chi connectivity index (χ1v) is 8.83. The fraction of sp³-hybridized carbons (Fsp3) is 0.385. The molecule has 0 radical (unpaired) electrons. The van der Waals surface area contributed by atoms with Crippen molar-refractivity contribution in [2.75, 3.05) is 12.0 Å². The molecule has 2 rings (SSSR count). The first-order valence-electron chi connectivity index (χ1n) is 6.36. The van der Waals surface area contributed by atoms with Gasteiger partial charge in [-0.25, -0.2) is 8.42 Å². The molecule has 0 saturated heterocycles. The molecule has 114 valence electrons. The van der Waals surface area contributed by atoms with Gasteiger partial charge in [0.05, 0.1) is 11.3 Å². The molecular weight excluding hydrogens is 312 g/mol. The van der Waals surface area contributed by atoms with Crippen LogP contribution in [0.5, 0.6) is 0 Å². The molecule has 0 aliphatic heterocycles.